The number of nitrogens with zero attached hydrogens (tertiary/aromatic N) is 1. The molecule has 2 heterocycles. The number of carbonyl (C=O) groups excluding carboxylic acids is 1. The van der Waals surface area contributed by atoms with Gasteiger partial charge in [0.1, 0.15) is 11.3 Å². The molecule has 6 nitrogen and oxygen atoms in total. The maximum Gasteiger partial charge on any atom is 0.290 e. The van der Waals surface area contributed by atoms with Gasteiger partial charge in [-0.05, 0) is 49.6 Å². The highest BCUT2D eigenvalue weighted by atomic mass is 16.5. The minimum Gasteiger partial charge on any atom is -0.494 e. The number of carbonyl (C=O) groups is 1. The standard InChI is InChI=1S/C27H31NO5/c1-4-5-6-15-32-20-10-7-9-19(17-20)24-23-25(29)21-16-18(2)11-12-22(21)33-26(23)27(30)28(24)13-8-14-31-3/h7,9-12,16-17,24H,4-6,8,13-15H2,1-3H3. The van der Waals surface area contributed by atoms with E-state index in [0.717, 1.165) is 36.1 Å². The van der Waals surface area contributed by atoms with Crippen LogP contribution in [0.3, 0.4) is 0 Å². The fraction of sp³-hybridized carbons (Fsp3) is 0.407. The van der Waals surface area contributed by atoms with E-state index in [4.69, 9.17) is 13.9 Å². The van der Waals surface area contributed by atoms with E-state index in [1.807, 2.05) is 43.3 Å². The zero-order chi connectivity index (χ0) is 23.4. The van der Waals surface area contributed by atoms with Crippen LogP contribution in [0, 0.1) is 6.92 Å². The highest BCUT2D eigenvalue weighted by Crippen LogP contribution is 2.39. The smallest absolute Gasteiger partial charge is 0.290 e. The fourth-order valence-corrected chi connectivity index (χ4v) is 4.41. The van der Waals surface area contributed by atoms with Gasteiger partial charge in [0.05, 0.1) is 23.6 Å². The summed E-state index contributed by atoms with van der Waals surface area (Å²) in [7, 11) is 1.64. The fourth-order valence-electron chi connectivity index (χ4n) is 4.41. The number of amides is 1. The van der Waals surface area contributed by atoms with Gasteiger partial charge in [-0.2, -0.15) is 0 Å². The number of rotatable bonds is 10. The molecule has 0 saturated carbocycles. The number of hydrogen-bond donors (Lipinski definition) is 0. The third-order valence-corrected chi connectivity index (χ3v) is 6.06. The van der Waals surface area contributed by atoms with Crippen LogP contribution in [0.15, 0.2) is 51.7 Å². The number of benzene rings is 2. The minimum absolute atomic E-state index is 0.132. The summed E-state index contributed by atoms with van der Waals surface area (Å²) in [6.45, 7) is 5.71. The van der Waals surface area contributed by atoms with Crippen molar-refractivity contribution < 1.29 is 18.7 Å². The van der Waals surface area contributed by atoms with Gasteiger partial charge >= 0.3 is 0 Å². The zero-order valence-corrected chi connectivity index (χ0v) is 19.6. The molecule has 0 N–H and O–H groups in total. The molecule has 0 bridgehead atoms. The monoisotopic (exact) mass is 449 g/mol. The summed E-state index contributed by atoms with van der Waals surface area (Å²) in [5.41, 5.74) is 2.49. The lowest BCUT2D eigenvalue weighted by atomic mass is 9.98. The quantitative estimate of drug-likeness (QED) is 0.395. The van der Waals surface area contributed by atoms with Crippen LogP contribution in [0.4, 0.5) is 0 Å². The van der Waals surface area contributed by atoms with Gasteiger partial charge in [0, 0.05) is 20.3 Å². The molecule has 1 atom stereocenters. The summed E-state index contributed by atoms with van der Waals surface area (Å²) >= 11 is 0. The molecule has 0 fully saturated rings. The van der Waals surface area contributed by atoms with Gasteiger partial charge in [-0.3, -0.25) is 9.59 Å². The second-order valence-corrected chi connectivity index (χ2v) is 8.55. The van der Waals surface area contributed by atoms with Crippen molar-refractivity contribution in [3.05, 3.63) is 75.1 Å². The van der Waals surface area contributed by atoms with Crippen molar-refractivity contribution in [1.29, 1.82) is 0 Å². The van der Waals surface area contributed by atoms with Gasteiger partial charge in [-0.15, -0.1) is 0 Å². The van der Waals surface area contributed by atoms with Crippen molar-refractivity contribution in [2.45, 2.75) is 45.6 Å². The summed E-state index contributed by atoms with van der Waals surface area (Å²) in [5, 5.41) is 0.497. The van der Waals surface area contributed by atoms with E-state index in [1.54, 1.807) is 18.1 Å². The van der Waals surface area contributed by atoms with E-state index in [9.17, 15) is 9.59 Å². The number of ether oxygens (including phenoxy) is 2. The Morgan fingerprint density at radius 1 is 1.03 bits per heavy atom. The van der Waals surface area contributed by atoms with Crippen molar-refractivity contribution in [3.63, 3.8) is 0 Å². The van der Waals surface area contributed by atoms with Crippen LogP contribution in [0.2, 0.25) is 0 Å². The summed E-state index contributed by atoms with van der Waals surface area (Å²) in [5.74, 6) is 0.607. The lowest BCUT2D eigenvalue weighted by Gasteiger charge is -2.25. The molecule has 4 rings (SSSR count). The molecule has 0 aliphatic carbocycles. The lowest BCUT2D eigenvalue weighted by Crippen LogP contribution is -2.31. The summed E-state index contributed by atoms with van der Waals surface area (Å²) in [4.78, 5) is 28.7. The number of methoxy groups -OCH3 is 1. The second-order valence-electron chi connectivity index (χ2n) is 8.55. The molecule has 0 radical (unpaired) electrons. The number of aryl methyl sites for hydroxylation is 1. The minimum atomic E-state index is -0.523. The second kappa shape index (κ2) is 10.2. The van der Waals surface area contributed by atoms with Crippen molar-refractivity contribution in [1.82, 2.24) is 4.90 Å². The predicted molar refractivity (Wildman–Crippen MR) is 128 cm³/mol. The van der Waals surface area contributed by atoms with E-state index in [2.05, 4.69) is 6.92 Å². The maximum atomic E-state index is 13.6. The Morgan fingerprint density at radius 3 is 2.67 bits per heavy atom. The molecular formula is C27H31NO5. The Labute approximate surface area is 194 Å². The van der Waals surface area contributed by atoms with Crippen molar-refractivity contribution >= 4 is 16.9 Å². The SMILES string of the molecule is CCCCCOc1cccc(C2c3c(oc4ccc(C)cc4c3=O)C(=O)N2CCCOC)c1. The molecule has 1 amide bonds. The van der Waals surface area contributed by atoms with Crippen LogP contribution in [0.25, 0.3) is 11.0 Å². The highest BCUT2D eigenvalue weighted by molar-refractivity contribution is 5.99. The van der Waals surface area contributed by atoms with Crippen LogP contribution >= 0.6 is 0 Å². The van der Waals surface area contributed by atoms with E-state index in [1.165, 1.54) is 0 Å². The largest absolute Gasteiger partial charge is 0.494 e. The van der Waals surface area contributed by atoms with Crippen LogP contribution < -0.4 is 10.2 Å². The Morgan fingerprint density at radius 2 is 1.88 bits per heavy atom. The van der Waals surface area contributed by atoms with Gasteiger partial charge < -0.3 is 18.8 Å². The van der Waals surface area contributed by atoms with Gasteiger partial charge in [-0.1, -0.05) is 43.5 Å². The van der Waals surface area contributed by atoms with Gasteiger partial charge in [0.2, 0.25) is 5.76 Å². The molecule has 1 aliphatic rings. The molecule has 6 heteroatoms. The summed E-state index contributed by atoms with van der Waals surface area (Å²) in [6, 6.07) is 12.6. The summed E-state index contributed by atoms with van der Waals surface area (Å²) < 4.78 is 17.2. The Hall–Kier alpha value is -3.12. The van der Waals surface area contributed by atoms with E-state index < -0.39 is 6.04 Å². The summed E-state index contributed by atoms with van der Waals surface area (Å²) in [6.07, 6.45) is 3.89. The average Bonchev–Trinajstić information content (AvgIpc) is 3.10. The highest BCUT2D eigenvalue weighted by Gasteiger charge is 2.42. The van der Waals surface area contributed by atoms with E-state index >= 15 is 0 Å². The molecule has 33 heavy (non-hydrogen) atoms. The zero-order valence-electron chi connectivity index (χ0n) is 19.6. The molecule has 2 aromatic carbocycles. The van der Waals surface area contributed by atoms with E-state index in [0.29, 0.717) is 42.7 Å². The third-order valence-electron chi connectivity index (χ3n) is 6.06. The molecule has 174 valence electrons. The van der Waals surface area contributed by atoms with E-state index in [-0.39, 0.29) is 17.1 Å². The first-order valence-corrected chi connectivity index (χ1v) is 11.6. The van der Waals surface area contributed by atoms with Gasteiger partial charge in [0.15, 0.2) is 5.43 Å². The molecule has 1 aromatic heterocycles. The first-order chi connectivity index (χ1) is 16.0. The maximum absolute atomic E-state index is 13.6. The molecule has 3 aromatic rings. The Kier molecular flexibility index (Phi) is 7.14. The van der Waals surface area contributed by atoms with Gasteiger partial charge in [-0.25, -0.2) is 0 Å². The normalized spacial score (nSPS) is 15.3. The van der Waals surface area contributed by atoms with Crippen LogP contribution in [-0.4, -0.2) is 37.7 Å². The first-order valence-electron chi connectivity index (χ1n) is 11.6. The number of hydrogen-bond acceptors (Lipinski definition) is 5. The average molecular weight is 450 g/mol. The predicted octanol–water partition coefficient (Wildman–Crippen LogP) is 5.25. The number of fused-ring (bicyclic) bond motifs is 2. The topological polar surface area (TPSA) is 69.0 Å². The third kappa shape index (κ3) is 4.67. The lowest BCUT2D eigenvalue weighted by molar-refractivity contribution is 0.0707. The van der Waals surface area contributed by atoms with Crippen molar-refractivity contribution in [2.24, 2.45) is 0 Å². The first kappa shape index (κ1) is 23.1. The molecular weight excluding hydrogens is 418 g/mol. The Bertz CT molecular complexity index is 1200. The van der Waals surface area contributed by atoms with Gasteiger partial charge in [0.25, 0.3) is 5.91 Å². The van der Waals surface area contributed by atoms with Crippen LogP contribution in [0.5, 0.6) is 5.75 Å². The van der Waals surface area contributed by atoms with Crippen molar-refractivity contribution in [3.8, 4) is 5.75 Å². The van der Waals surface area contributed by atoms with Crippen LogP contribution in [-0.2, 0) is 4.74 Å². The Balaban J connectivity index is 1.78. The number of unbranched alkanes of at least 4 members (excludes halogenated alkanes) is 2. The molecule has 1 aliphatic heterocycles. The molecule has 1 unspecified atom stereocenters. The van der Waals surface area contributed by atoms with Crippen LogP contribution in [0.1, 0.15) is 65.9 Å². The molecule has 0 saturated heterocycles. The molecule has 0 spiro atoms. The van der Waals surface area contributed by atoms with Crippen molar-refractivity contribution in [2.75, 3.05) is 26.9 Å².